The molecular weight excluding hydrogens is 393 g/mol. The average Bonchev–Trinajstić information content (AvgIpc) is 2.97. The van der Waals surface area contributed by atoms with E-state index in [2.05, 4.69) is 25.3 Å². The van der Waals surface area contributed by atoms with Gasteiger partial charge in [-0.05, 0) is 35.5 Å². The maximum Gasteiger partial charge on any atom is 0.264 e. The van der Waals surface area contributed by atoms with E-state index in [-0.39, 0.29) is 5.91 Å². The lowest BCUT2D eigenvalue weighted by atomic mass is 10.2. The molecule has 26 heavy (non-hydrogen) atoms. The highest BCUT2D eigenvalue weighted by Gasteiger charge is 2.24. The number of carbonyl (C=O) groups excluding carboxylic acids is 1. The summed E-state index contributed by atoms with van der Waals surface area (Å²) < 4.78 is 0. The molecule has 3 heterocycles. The van der Waals surface area contributed by atoms with Crippen molar-refractivity contribution < 1.29 is 4.79 Å². The monoisotopic (exact) mass is 401 g/mol. The lowest BCUT2D eigenvalue weighted by Gasteiger charge is -2.01. The number of nitrogens with zero attached hydrogens (tertiary/aromatic N) is 4. The average molecular weight is 402 g/mol. The molecule has 0 unspecified atom stereocenters. The SMILES string of the molecule is O=C1NC(=Nc2c(Cl)cncc2Cl)S/C1=C/c1ccc2nccnc2c1. The third kappa shape index (κ3) is 3.41. The van der Waals surface area contributed by atoms with E-state index in [1.807, 2.05) is 18.2 Å². The highest BCUT2D eigenvalue weighted by atomic mass is 35.5. The molecule has 0 atom stereocenters. The van der Waals surface area contributed by atoms with Crippen LogP contribution in [-0.2, 0) is 4.79 Å². The summed E-state index contributed by atoms with van der Waals surface area (Å²) in [4.78, 5) is 29.4. The van der Waals surface area contributed by atoms with Crippen molar-refractivity contribution in [3.8, 4) is 0 Å². The number of amides is 1. The van der Waals surface area contributed by atoms with Gasteiger partial charge in [-0.2, -0.15) is 0 Å². The van der Waals surface area contributed by atoms with Crippen LogP contribution in [0.4, 0.5) is 5.69 Å². The van der Waals surface area contributed by atoms with Crippen molar-refractivity contribution in [1.29, 1.82) is 0 Å². The summed E-state index contributed by atoms with van der Waals surface area (Å²) in [5, 5.41) is 3.73. The Bertz CT molecular complexity index is 1080. The fraction of sp³-hybridized carbons (Fsp3) is 0. The van der Waals surface area contributed by atoms with Gasteiger partial charge >= 0.3 is 0 Å². The van der Waals surface area contributed by atoms with Gasteiger partial charge in [0.25, 0.3) is 5.91 Å². The van der Waals surface area contributed by atoms with Gasteiger partial charge in [0.05, 0.1) is 26.0 Å². The summed E-state index contributed by atoms with van der Waals surface area (Å²) >= 11 is 13.3. The number of aliphatic imine (C=N–C) groups is 1. The first-order chi connectivity index (χ1) is 12.6. The Morgan fingerprint density at radius 3 is 2.58 bits per heavy atom. The molecule has 0 radical (unpaired) electrons. The van der Waals surface area contributed by atoms with Gasteiger partial charge in [0, 0.05) is 24.8 Å². The van der Waals surface area contributed by atoms with Crippen LogP contribution in [0.2, 0.25) is 10.0 Å². The number of aromatic nitrogens is 3. The topological polar surface area (TPSA) is 80.1 Å². The predicted molar refractivity (Wildman–Crippen MR) is 105 cm³/mol. The van der Waals surface area contributed by atoms with Gasteiger partial charge < -0.3 is 5.32 Å². The molecule has 1 fully saturated rings. The number of benzene rings is 1. The third-order valence-electron chi connectivity index (χ3n) is 3.48. The second-order valence-corrected chi connectivity index (χ2v) is 7.08. The molecule has 6 nitrogen and oxygen atoms in total. The summed E-state index contributed by atoms with van der Waals surface area (Å²) in [7, 11) is 0. The number of hydrogen-bond acceptors (Lipinski definition) is 6. The van der Waals surface area contributed by atoms with E-state index in [9.17, 15) is 4.79 Å². The molecule has 0 bridgehead atoms. The van der Waals surface area contributed by atoms with Crippen molar-refractivity contribution in [2.45, 2.75) is 0 Å². The van der Waals surface area contributed by atoms with Gasteiger partial charge in [-0.25, -0.2) is 4.99 Å². The van der Waals surface area contributed by atoms with Gasteiger partial charge in [-0.1, -0.05) is 29.3 Å². The molecular formula is C17H9Cl2N5OS. The Hall–Kier alpha value is -2.48. The Morgan fingerprint density at radius 2 is 1.81 bits per heavy atom. The zero-order chi connectivity index (χ0) is 18.1. The highest BCUT2D eigenvalue weighted by molar-refractivity contribution is 8.18. The zero-order valence-corrected chi connectivity index (χ0v) is 15.3. The standard InChI is InChI=1S/C17H9Cl2N5OS/c18-10-7-20-8-11(19)15(10)23-17-24-16(25)14(26-17)6-9-1-2-12-13(5-9)22-4-3-21-12/h1-8H,(H,20,23,24,25)/b14-6+. The van der Waals surface area contributed by atoms with E-state index in [1.165, 1.54) is 24.2 Å². The molecule has 1 amide bonds. The first-order valence-electron chi connectivity index (χ1n) is 7.39. The fourth-order valence-electron chi connectivity index (χ4n) is 2.31. The highest BCUT2D eigenvalue weighted by Crippen LogP contribution is 2.35. The molecule has 128 valence electrons. The Kier molecular flexibility index (Phi) is 4.58. The number of nitrogens with one attached hydrogen (secondary N) is 1. The van der Waals surface area contributed by atoms with Crippen LogP contribution in [0.5, 0.6) is 0 Å². The summed E-state index contributed by atoms with van der Waals surface area (Å²) in [6.45, 7) is 0. The predicted octanol–water partition coefficient (Wildman–Crippen LogP) is 4.22. The summed E-state index contributed by atoms with van der Waals surface area (Å²) in [6, 6.07) is 5.61. The van der Waals surface area contributed by atoms with Crippen LogP contribution in [0.25, 0.3) is 17.1 Å². The van der Waals surface area contributed by atoms with Gasteiger partial charge in [0.1, 0.15) is 5.69 Å². The molecule has 0 spiro atoms. The molecule has 1 saturated heterocycles. The Labute approximate surface area is 162 Å². The number of thioether (sulfide) groups is 1. The minimum absolute atomic E-state index is 0.241. The largest absolute Gasteiger partial charge is 0.300 e. The zero-order valence-electron chi connectivity index (χ0n) is 13.0. The lowest BCUT2D eigenvalue weighted by Crippen LogP contribution is -2.19. The van der Waals surface area contributed by atoms with Crippen LogP contribution in [0.1, 0.15) is 5.56 Å². The van der Waals surface area contributed by atoms with Gasteiger partial charge in [0.15, 0.2) is 5.17 Å². The molecule has 4 rings (SSSR count). The number of fused-ring (bicyclic) bond motifs is 1. The van der Waals surface area contributed by atoms with E-state index in [0.717, 1.165) is 16.6 Å². The maximum atomic E-state index is 12.2. The Morgan fingerprint density at radius 1 is 1.08 bits per heavy atom. The number of halogens is 2. The van der Waals surface area contributed by atoms with Crippen molar-refractivity contribution >= 4 is 68.8 Å². The Balaban J connectivity index is 1.65. The summed E-state index contributed by atoms with van der Waals surface area (Å²) in [5.41, 5.74) is 2.77. The van der Waals surface area contributed by atoms with Crippen molar-refractivity contribution in [1.82, 2.24) is 20.3 Å². The molecule has 0 aliphatic carbocycles. The smallest absolute Gasteiger partial charge is 0.264 e. The van der Waals surface area contributed by atoms with E-state index < -0.39 is 0 Å². The molecule has 0 saturated carbocycles. The van der Waals surface area contributed by atoms with Crippen molar-refractivity contribution in [2.75, 3.05) is 0 Å². The minimum atomic E-state index is -0.241. The van der Waals surface area contributed by atoms with Crippen LogP contribution in [0.15, 0.2) is 52.9 Å². The van der Waals surface area contributed by atoms with Crippen molar-refractivity contribution in [3.63, 3.8) is 0 Å². The van der Waals surface area contributed by atoms with E-state index >= 15 is 0 Å². The van der Waals surface area contributed by atoms with Crippen LogP contribution >= 0.6 is 35.0 Å². The molecule has 1 N–H and O–H groups in total. The molecule has 2 aromatic heterocycles. The first-order valence-corrected chi connectivity index (χ1v) is 8.97. The summed E-state index contributed by atoms with van der Waals surface area (Å²) in [5.74, 6) is -0.241. The van der Waals surface area contributed by atoms with E-state index in [0.29, 0.717) is 25.8 Å². The molecule has 9 heteroatoms. The first kappa shape index (κ1) is 17.0. The van der Waals surface area contributed by atoms with Gasteiger partial charge in [-0.15, -0.1) is 0 Å². The van der Waals surface area contributed by atoms with Crippen LogP contribution < -0.4 is 5.32 Å². The number of carbonyl (C=O) groups is 1. The third-order valence-corrected chi connectivity index (χ3v) is 4.95. The fourth-order valence-corrected chi connectivity index (χ4v) is 3.59. The van der Waals surface area contributed by atoms with E-state index in [1.54, 1.807) is 18.5 Å². The molecule has 1 aliphatic heterocycles. The number of amidine groups is 1. The number of pyridine rings is 1. The molecule has 1 aliphatic rings. The van der Waals surface area contributed by atoms with Crippen LogP contribution in [0, 0.1) is 0 Å². The lowest BCUT2D eigenvalue weighted by molar-refractivity contribution is -0.115. The van der Waals surface area contributed by atoms with Gasteiger partial charge in [0.2, 0.25) is 0 Å². The number of hydrogen-bond donors (Lipinski definition) is 1. The summed E-state index contributed by atoms with van der Waals surface area (Å²) in [6.07, 6.45) is 7.93. The minimum Gasteiger partial charge on any atom is -0.300 e. The second kappa shape index (κ2) is 7.03. The normalized spacial score (nSPS) is 17.2. The van der Waals surface area contributed by atoms with Crippen LogP contribution in [0.3, 0.4) is 0 Å². The van der Waals surface area contributed by atoms with Gasteiger partial charge in [-0.3, -0.25) is 19.7 Å². The maximum absolute atomic E-state index is 12.2. The van der Waals surface area contributed by atoms with Crippen molar-refractivity contribution in [2.24, 2.45) is 4.99 Å². The second-order valence-electron chi connectivity index (χ2n) is 5.24. The molecule has 1 aromatic carbocycles. The quantitative estimate of drug-likeness (QED) is 0.650. The van der Waals surface area contributed by atoms with Crippen molar-refractivity contribution in [3.05, 3.63) is 63.5 Å². The number of rotatable bonds is 2. The molecule has 3 aromatic rings. The van der Waals surface area contributed by atoms with E-state index in [4.69, 9.17) is 23.2 Å². The van der Waals surface area contributed by atoms with Crippen LogP contribution in [-0.4, -0.2) is 26.0 Å².